The summed E-state index contributed by atoms with van der Waals surface area (Å²) in [5.41, 5.74) is 6.17. The van der Waals surface area contributed by atoms with Crippen LogP contribution in [0.2, 0.25) is 0 Å². The molecule has 0 aliphatic carbocycles. The van der Waals surface area contributed by atoms with Gasteiger partial charge in [-0.1, -0.05) is 13.3 Å². The lowest BCUT2D eigenvalue weighted by Crippen LogP contribution is -2.22. The van der Waals surface area contributed by atoms with Crippen molar-refractivity contribution in [3.05, 3.63) is 17.7 Å². The van der Waals surface area contributed by atoms with Gasteiger partial charge in [-0.2, -0.15) is 0 Å². The Morgan fingerprint density at radius 3 is 2.00 bits per heavy atom. The van der Waals surface area contributed by atoms with E-state index in [2.05, 4.69) is 0 Å². The van der Waals surface area contributed by atoms with Crippen LogP contribution in [0, 0.1) is 0 Å². The van der Waals surface area contributed by atoms with E-state index in [1.807, 2.05) is 6.92 Å². The number of benzene rings is 1. The van der Waals surface area contributed by atoms with Crippen molar-refractivity contribution in [2.45, 2.75) is 25.7 Å². The van der Waals surface area contributed by atoms with Crippen molar-refractivity contribution in [1.82, 2.24) is 0 Å². The average Bonchev–Trinajstić information content (AvgIpc) is 2.43. The maximum Gasteiger partial charge on any atom is 0.225 e. The number of carbonyl (C=O) groups is 1. The highest BCUT2D eigenvalue weighted by molar-refractivity contribution is 5.84. The van der Waals surface area contributed by atoms with E-state index in [-0.39, 0.29) is 5.91 Å². The van der Waals surface area contributed by atoms with Crippen LogP contribution in [0.1, 0.15) is 31.2 Å². The molecule has 0 spiro atoms. The Balaban J connectivity index is 3.40. The molecule has 1 amide bonds. The number of nitrogens with two attached hydrogens (primary N) is 1. The Labute approximate surface area is 113 Å². The quantitative estimate of drug-likeness (QED) is 0.821. The van der Waals surface area contributed by atoms with Crippen LogP contribution < -0.4 is 19.9 Å². The molecule has 106 valence electrons. The van der Waals surface area contributed by atoms with Gasteiger partial charge in [0.2, 0.25) is 5.91 Å². The molecule has 0 heterocycles. The van der Waals surface area contributed by atoms with Gasteiger partial charge < -0.3 is 19.9 Å². The summed E-state index contributed by atoms with van der Waals surface area (Å²) in [6, 6.07) is 3.45. The minimum Gasteiger partial charge on any atom is -0.496 e. The number of hydrogen-bond acceptors (Lipinski definition) is 4. The second-order valence-corrected chi connectivity index (χ2v) is 4.19. The largest absolute Gasteiger partial charge is 0.496 e. The number of primary amides is 1. The third-order valence-corrected chi connectivity index (χ3v) is 3.02. The Morgan fingerprint density at radius 1 is 1.16 bits per heavy atom. The van der Waals surface area contributed by atoms with Crippen LogP contribution in [0.3, 0.4) is 0 Å². The van der Waals surface area contributed by atoms with Crippen LogP contribution in [-0.2, 0) is 4.79 Å². The van der Waals surface area contributed by atoms with Crippen LogP contribution in [0.25, 0.3) is 0 Å². The van der Waals surface area contributed by atoms with Crippen LogP contribution in [-0.4, -0.2) is 27.2 Å². The summed E-state index contributed by atoms with van der Waals surface area (Å²) in [6.07, 6.45) is 1.49. The van der Waals surface area contributed by atoms with E-state index in [1.165, 1.54) is 0 Å². The fourth-order valence-electron chi connectivity index (χ4n) is 2.09. The van der Waals surface area contributed by atoms with Crippen molar-refractivity contribution in [2.24, 2.45) is 5.73 Å². The molecule has 1 unspecified atom stereocenters. The number of carbonyl (C=O) groups excluding carboxylic acids is 1. The molecule has 1 aromatic rings. The van der Waals surface area contributed by atoms with E-state index in [1.54, 1.807) is 33.5 Å². The van der Waals surface area contributed by atoms with E-state index in [4.69, 9.17) is 19.9 Å². The molecular formula is C14H21NO4. The molecule has 0 saturated heterocycles. The summed E-state index contributed by atoms with van der Waals surface area (Å²) in [7, 11) is 4.65. The first-order valence-electron chi connectivity index (χ1n) is 6.18. The van der Waals surface area contributed by atoms with Crippen molar-refractivity contribution < 1.29 is 19.0 Å². The van der Waals surface area contributed by atoms with Gasteiger partial charge in [-0.25, -0.2) is 0 Å². The van der Waals surface area contributed by atoms with Gasteiger partial charge in [0.25, 0.3) is 0 Å². The summed E-state index contributed by atoms with van der Waals surface area (Å²) < 4.78 is 15.9. The molecule has 2 N–H and O–H groups in total. The van der Waals surface area contributed by atoms with Gasteiger partial charge in [-0.3, -0.25) is 4.79 Å². The number of methoxy groups -OCH3 is 3. The smallest absolute Gasteiger partial charge is 0.225 e. The van der Waals surface area contributed by atoms with E-state index in [0.717, 1.165) is 6.42 Å². The Bertz CT molecular complexity index is 420. The molecule has 1 rings (SSSR count). The Hall–Kier alpha value is -1.91. The number of ether oxygens (including phenoxy) is 3. The number of amides is 1. The number of hydrogen-bond donors (Lipinski definition) is 1. The van der Waals surface area contributed by atoms with Crippen molar-refractivity contribution in [3.63, 3.8) is 0 Å². The normalized spacial score (nSPS) is 11.8. The maximum absolute atomic E-state index is 11.7. The minimum absolute atomic E-state index is 0.386. The maximum atomic E-state index is 11.7. The second-order valence-electron chi connectivity index (χ2n) is 4.19. The van der Waals surface area contributed by atoms with Crippen molar-refractivity contribution in [2.75, 3.05) is 21.3 Å². The van der Waals surface area contributed by atoms with Crippen LogP contribution >= 0.6 is 0 Å². The molecule has 0 aliphatic rings. The molecule has 5 heteroatoms. The molecular weight excluding hydrogens is 246 g/mol. The summed E-state index contributed by atoms with van der Waals surface area (Å²) >= 11 is 0. The predicted octanol–water partition coefficient (Wildman–Crippen LogP) is 2.08. The van der Waals surface area contributed by atoms with E-state index in [0.29, 0.717) is 29.2 Å². The van der Waals surface area contributed by atoms with Gasteiger partial charge in [-0.05, 0) is 6.42 Å². The zero-order valence-electron chi connectivity index (χ0n) is 11.9. The average molecular weight is 267 g/mol. The van der Waals surface area contributed by atoms with E-state index in [9.17, 15) is 4.79 Å². The van der Waals surface area contributed by atoms with Crippen LogP contribution in [0.4, 0.5) is 0 Å². The molecule has 1 atom stereocenters. The van der Waals surface area contributed by atoms with Crippen molar-refractivity contribution in [3.8, 4) is 17.2 Å². The lowest BCUT2D eigenvalue weighted by molar-refractivity contribution is -0.119. The zero-order valence-corrected chi connectivity index (χ0v) is 11.9. The zero-order chi connectivity index (χ0) is 14.4. The first kappa shape index (κ1) is 15.1. The third-order valence-electron chi connectivity index (χ3n) is 3.02. The molecule has 0 aromatic heterocycles. The van der Waals surface area contributed by atoms with Gasteiger partial charge in [0, 0.05) is 17.7 Å². The molecule has 0 bridgehead atoms. The van der Waals surface area contributed by atoms with Gasteiger partial charge in [-0.15, -0.1) is 0 Å². The van der Waals surface area contributed by atoms with E-state index < -0.39 is 5.92 Å². The van der Waals surface area contributed by atoms with Gasteiger partial charge in [0.15, 0.2) is 0 Å². The summed E-state index contributed by atoms with van der Waals surface area (Å²) in [5.74, 6) is 0.892. The molecule has 5 nitrogen and oxygen atoms in total. The monoisotopic (exact) mass is 267 g/mol. The third kappa shape index (κ3) is 3.30. The second kappa shape index (κ2) is 6.87. The highest BCUT2D eigenvalue weighted by atomic mass is 16.5. The SMILES string of the molecule is CCCC(C(N)=O)c1c(OC)cc(OC)cc1OC. The van der Waals surface area contributed by atoms with Crippen molar-refractivity contribution in [1.29, 1.82) is 0 Å². The van der Waals surface area contributed by atoms with Crippen LogP contribution in [0.15, 0.2) is 12.1 Å². The molecule has 1 aromatic carbocycles. The number of rotatable bonds is 7. The molecule has 0 aliphatic heterocycles. The van der Waals surface area contributed by atoms with Crippen LogP contribution in [0.5, 0.6) is 17.2 Å². The highest BCUT2D eigenvalue weighted by Crippen LogP contribution is 2.40. The standard InChI is InChI=1S/C14H21NO4/c1-5-6-10(14(15)16)13-11(18-3)7-9(17-2)8-12(13)19-4/h7-8,10H,5-6H2,1-4H3,(H2,15,16). The van der Waals surface area contributed by atoms with E-state index >= 15 is 0 Å². The molecule has 19 heavy (non-hydrogen) atoms. The summed E-state index contributed by atoms with van der Waals surface area (Å²) in [4.78, 5) is 11.7. The first-order valence-corrected chi connectivity index (χ1v) is 6.18. The summed E-state index contributed by atoms with van der Waals surface area (Å²) in [6.45, 7) is 2.00. The summed E-state index contributed by atoms with van der Waals surface area (Å²) in [5, 5.41) is 0. The Kier molecular flexibility index (Phi) is 5.48. The molecule has 0 fully saturated rings. The topological polar surface area (TPSA) is 70.8 Å². The Morgan fingerprint density at radius 2 is 1.68 bits per heavy atom. The lowest BCUT2D eigenvalue weighted by atomic mass is 9.92. The van der Waals surface area contributed by atoms with Crippen molar-refractivity contribution >= 4 is 5.91 Å². The molecule has 0 radical (unpaired) electrons. The van der Waals surface area contributed by atoms with Gasteiger partial charge in [0.1, 0.15) is 17.2 Å². The van der Waals surface area contributed by atoms with Gasteiger partial charge in [0.05, 0.1) is 27.2 Å². The first-order chi connectivity index (χ1) is 9.08. The lowest BCUT2D eigenvalue weighted by Gasteiger charge is -2.20. The highest BCUT2D eigenvalue weighted by Gasteiger charge is 2.26. The minimum atomic E-state index is -0.430. The van der Waals surface area contributed by atoms with Gasteiger partial charge >= 0.3 is 0 Å². The molecule has 0 saturated carbocycles. The predicted molar refractivity (Wildman–Crippen MR) is 72.9 cm³/mol. The fraction of sp³-hybridized carbons (Fsp3) is 0.500. The fourth-order valence-corrected chi connectivity index (χ4v) is 2.09.